The Bertz CT molecular complexity index is 962. The second-order valence-electron chi connectivity index (χ2n) is 6.50. The number of rotatable bonds is 4. The summed E-state index contributed by atoms with van der Waals surface area (Å²) in [5.74, 6) is -0.296. The van der Waals surface area contributed by atoms with Gasteiger partial charge < -0.3 is 9.47 Å². The Balaban J connectivity index is 2.00. The third-order valence-corrected chi connectivity index (χ3v) is 5.16. The number of hydrogen-bond donors (Lipinski definition) is 0. The summed E-state index contributed by atoms with van der Waals surface area (Å²) in [5.41, 5.74) is 5.24. The van der Waals surface area contributed by atoms with Crippen LogP contribution >= 0.6 is 0 Å². The third kappa shape index (κ3) is 2.28. The highest BCUT2D eigenvalue weighted by atomic mass is 16.5. The maximum Gasteiger partial charge on any atom is 0.323 e. The predicted octanol–water partition coefficient (Wildman–Crippen LogP) is 4.44. The van der Waals surface area contributed by atoms with E-state index in [1.807, 2.05) is 36.4 Å². The molecule has 0 saturated heterocycles. The molecule has 4 rings (SSSR count). The van der Waals surface area contributed by atoms with Crippen LogP contribution in [0.3, 0.4) is 0 Å². The lowest BCUT2D eigenvalue weighted by molar-refractivity contribution is -0.147. The predicted molar refractivity (Wildman–Crippen MR) is 102 cm³/mol. The van der Waals surface area contributed by atoms with Crippen LogP contribution in [0.1, 0.15) is 11.1 Å². The van der Waals surface area contributed by atoms with Gasteiger partial charge in [0.15, 0.2) is 0 Å². The highest BCUT2D eigenvalue weighted by Gasteiger charge is 2.50. The van der Waals surface area contributed by atoms with Crippen molar-refractivity contribution >= 4 is 5.97 Å². The van der Waals surface area contributed by atoms with E-state index in [-0.39, 0.29) is 12.6 Å². The summed E-state index contributed by atoms with van der Waals surface area (Å²) in [6, 6.07) is 24.5. The van der Waals surface area contributed by atoms with Crippen molar-refractivity contribution in [3.63, 3.8) is 0 Å². The number of carbonyl (C=O) groups excluding carboxylic acids is 1. The van der Waals surface area contributed by atoms with E-state index in [0.29, 0.717) is 0 Å². The van der Waals surface area contributed by atoms with Gasteiger partial charge in [-0.15, -0.1) is 0 Å². The van der Waals surface area contributed by atoms with E-state index in [0.717, 1.165) is 33.4 Å². The Labute approximate surface area is 153 Å². The van der Waals surface area contributed by atoms with Crippen molar-refractivity contribution in [1.82, 2.24) is 0 Å². The Kier molecular flexibility index (Phi) is 4.09. The van der Waals surface area contributed by atoms with Crippen LogP contribution in [0, 0.1) is 0 Å². The molecule has 3 nitrogen and oxygen atoms in total. The first kappa shape index (κ1) is 16.6. The van der Waals surface area contributed by atoms with Gasteiger partial charge in [0.1, 0.15) is 5.41 Å². The fourth-order valence-corrected chi connectivity index (χ4v) is 4.00. The second-order valence-corrected chi connectivity index (χ2v) is 6.50. The third-order valence-electron chi connectivity index (χ3n) is 5.16. The van der Waals surface area contributed by atoms with Crippen molar-refractivity contribution in [3.05, 3.63) is 83.9 Å². The Hall–Kier alpha value is -2.91. The molecule has 1 aliphatic rings. The molecule has 1 aliphatic carbocycles. The molecule has 0 radical (unpaired) electrons. The summed E-state index contributed by atoms with van der Waals surface area (Å²) in [4.78, 5) is 13.0. The minimum Gasteiger partial charge on any atom is -0.468 e. The molecule has 0 bridgehead atoms. The lowest BCUT2D eigenvalue weighted by atomic mass is 9.78. The van der Waals surface area contributed by atoms with Crippen LogP contribution in [0.2, 0.25) is 0 Å². The van der Waals surface area contributed by atoms with Crippen LogP contribution in [-0.4, -0.2) is 26.8 Å². The zero-order chi connectivity index (χ0) is 18.1. The van der Waals surface area contributed by atoms with Gasteiger partial charge in [-0.2, -0.15) is 0 Å². The zero-order valence-electron chi connectivity index (χ0n) is 14.9. The molecule has 0 heterocycles. The molecular weight excluding hydrogens is 324 g/mol. The van der Waals surface area contributed by atoms with Crippen molar-refractivity contribution < 1.29 is 14.3 Å². The van der Waals surface area contributed by atoms with Gasteiger partial charge in [0, 0.05) is 7.11 Å². The van der Waals surface area contributed by atoms with Gasteiger partial charge in [0.25, 0.3) is 0 Å². The first-order valence-corrected chi connectivity index (χ1v) is 8.59. The number of benzene rings is 3. The number of hydrogen-bond acceptors (Lipinski definition) is 3. The highest BCUT2D eigenvalue weighted by Crippen LogP contribution is 2.50. The molecule has 3 aromatic rings. The number of esters is 1. The van der Waals surface area contributed by atoms with Gasteiger partial charge in [-0.3, -0.25) is 4.79 Å². The van der Waals surface area contributed by atoms with E-state index in [4.69, 9.17) is 9.47 Å². The van der Waals surface area contributed by atoms with Crippen molar-refractivity contribution in [2.75, 3.05) is 20.8 Å². The van der Waals surface area contributed by atoms with Crippen molar-refractivity contribution in [2.45, 2.75) is 5.41 Å². The van der Waals surface area contributed by atoms with Crippen LogP contribution in [0.15, 0.2) is 72.8 Å². The molecular formula is C23H20O3. The van der Waals surface area contributed by atoms with Crippen molar-refractivity contribution in [3.8, 4) is 22.3 Å². The lowest BCUT2D eigenvalue weighted by Crippen LogP contribution is -2.40. The first-order valence-electron chi connectivity index (χ1n) is 8.59. The average Bonchev–Trinajstić information content (AvgIpc) is 2.99. The molecule has 0 fully saturated rings. The topological polar surface area (TPSA) is 35.5 Å². The van der Waals surface area contributed by atoms with E-state index in [9.17, 15) is 4.79 Å². The lowest BCUT2D eigenvalue weighted by Gasteiger charge is -2.28. The van der Waals surface area contributed by atoms with Gasteiger partial charge in [-0.05, 0) is 39.4 Å². The van der Waals surface area contributed by atoms with Gasteiger partial charge in [0.05, 0.1) is 13.7 Å². The summed E-state index contributed by atoms with van der Waals surface area (Å²) in [6.45, 7) is 0.238. The van der Waals surface area contributed by atoms with Crippen molar-refractivity contribution in [2.24, 2.45) is 0 Å². The number of carbonyl (C=O) groups is 1. The quantitative estimate of drug-likeness (QED) is 0.657. The monoisotopic (exact) mass is 344 g/mol. The molecule has 0 amide bonds. The molecule has 0 aromatic heterocycles. The maximum absolute atomic E-state index is 13.0. The minimum atomic E-state index is -0.944. The summed E-state index contributed by atoms with van der Waals surface area (Å²) in [6.07, 6.45) is 0. The molecule has 0 saturated carbocycles. The Morgan fingerprint density at radius 2 is 1.50 bits per heavy atom. The molecule has 130 valence electrons. The van der Waals surface area contributed by atoms with Crippen LogP contribution in [0.25, 0.3) is 22.3 Å². The Morgan fingerprint density at radius 1 is 0.808 bits per heavy atom. The molecule has 1 atom stereocenters. The number of methoxy groups -OCH3 is 2. The van der Waals surface area contributed by atoms with Gasteiger partial charge in [0.2, 0.25) is 0 Å². The summed E-state index contributed by atoms with van der Waals surface area (Å²) >= 11 is 0. The van der Waals surface area contributed by atoms with Crippen LogP contribution in [0.5, 0.6) is 0 Å². The molecule has 0 spiro atoms. The van der Waals surface area contributed by atoms with Crippen LogP contribution in [0.4, 0.5) is 0 Å². The van der Waals surface area contributed by atoms with Crippen LogP contribution in [-0.2, 0) is 19.7 Å². The van der Waals surface area contributed by atoms with Crippen LogP contribution < -0.4 is 0 Å². The highest BCUT2D eigenvalue weighted by molar-refractivity contribution is 5.99. The molecule has 0 N–H and O–H groups in total. The summed E-state index contributed by atoms with van der Waals surface area (Å²) < 4.78 is 10.7. The van der Waals surface area contributed by atoms with Crippen molar-refractivity contribution in [1.29, 1.82) is 0 Å². The summed E-state index contributed by atoms with van der Waals surface area (Å²) in [7, 11) is 3.05. The van der Waals surface area contributed by atoms with E-state index >= 15 is 0 Å². The molecule has 3 aromatic carbocycles. The first-order chi connectivity index (χ1) is 12.7. The normalized spacial score (nSPS) is 17.5. The summed E-state index contributed by atoms with van der Waals surface area (Å²) in [5, 5.41) is 0. The zero-order valence-corrected chi connectivity index (χ0v) is 14.9. The average molecular weight is 344 g/mol. The fourth-order valence-electron chi connectivity index (χ4n) is 4.00. The smallest absolute Gasteiger partial charge is 0.323 e. The van der Waals surface area contributed by atoms with E-state index in [2.05, 4.69) is 36.4 Å². The van der Waals surface area contributed by atoms with E-state index in [1.54, 1.807) is 7.11 Å². The molecule has 3 heteroatoms. The van der Waals surface area contributed by atoms with E-state index < -0.39 is 5.41 Å². The minimum absolute atomic E-state index is 0.238. The largest absolute Gasteiger partial charge is 0.468 e. The van der Waals surface area contributed by atoms with E-state index in [1.165, 1.54) is 7.11 Å². The Morgan fingerprint density at radius 3 is 2.23 bits per heavy atom. The molecule has 26 heavy (non-hydrogen) atoms. The molecule has 0 aliphatic heterocycles. The fraction of sp³-hybridized carbons (Fsp3) is 0.174. The van der Waals surface area contributed by atoms with Gasteiger partial charge in [-0.25, -0.2) is 0 Å². The number of fused-ring (bicyclic) bond motifs is 3. The van der Waals surface area contributed by atoms with Gasteiger partial charge in [-0.1, -0.05) is 66.7 Å². The SMILES string of the molecule is COCC1(C(=O)OC)c2ccccc2-c2ccc(-c3ccccc3)cc21. The van der Waals surface area contributed by atoms with Gasteiger partial charge >= 0.3 is 5.97 Å². The second kappa shape index (κ2) is 6.43. The standard InChI is InChI=1S/C23H20O3/c1-25-15-23(22(24)26-2)20-11-7-6-10-18(20)19-13-12-17(14-21(19)23)16-8-4-3-5-9-16/h3-14H,15H2,1-2H3. The molecule has 1 unspecified atom stereocenters. The number of ether oxygens (including phenoxy) is 2. The maximum atomic E-state index is 13.0.